The molecule has 0 aliphatic carbocycles. The van der Waals surface area contributed by atoms with Gasteiger partial charge in [-0.3, -0.25) is 0 Å². The van der Waals surface area contributed by atoms with Gasteiger partial charge in [-0.25, -0.2) is 0 Å². The summed E-state index contributed by atoms with van der Waals surface area (Å²) in [5.74, 6) is 1.86. The van der Waals surface area contributed by atoms with Gasteiger partial charge in [-0.15, -0.1) is 0 Å². The van der Waals surface area contributed by atoms with Crippen LogP contribution in [0.15, 0.2) is 54.6 Å². The molecule has 0 amide bonds. The minimum absolute atomic E-state index is 0.0972. The van der Waals surface area contributed by atoms with Crippen LogP contribution in [-0.4, -0.2) is 45.6 Å². The first kappa shape index (κ1) is 18.6. The maximum atomic E-state index is 10.9. The number of phenolic OH excluding ortho intramolecular Hbond substituents is 1. The molecule has 3 aromatic rings. The first-order chi connectivity index (χ1) is 13.7. The number of hydrogen-bond acceptors (Lipinski definition) is 4. The van der Waals surface area contributed by atoms with Crippen LogP contribution in [0.25, 0.3) is 10.8 Å². The van der Waals surface area contributed by atoms with Gasteiger partial charge in [0.05, 0.1) is 38.6 Å². The van der Waals surface area contributed by atoms with Crippen LogP contribution in [-0.2, 0) is 4.74 Å². The van der Waals surface area contributed by atoms with Crippen molar-refractivity contribution >= 4 is 10.8 Å². The largest absolute Gasteiger partial charge is 0.507 e. The van der Waals surface area contributed by atoms with Gasteiger partial charge in [-0.05, 0) is 35.0 Å². The highest BCUT2D eigenvalue weighted by atomic mass is 16.5. The van der Waals surface area contributed by atoms with Crippen LogP contribution < -0.4 is 14.4 Å². The molecule has 0 radical (unpaired) electrons. The SMILES string of the molecule is COc1ccc(OC)c([C@H](c2c(O)ccc3ccccc23)[NH+]2CCOCC2)c1. The van der Waals surface area contributed by atoms with Crippen LogP contribution in [0.1, 0.15) is 17.2 Å². The van der Waals surface area contributed by atoms with Crippen molar-refractivity contribution in [1.29, 1.82) is 0 Å². The number of phenols is 1. The highest BCUT2D eigenvalue weighted by Crippen LogP contribution is 2.38. The summed E-state index contributed by atoms with van der Waals surface area (Å²) in [6, 6.07) is 17.7. The summed E-state index contributed by atoms with van der Waals surface area (Å²) in [4.78, 5) is 1.34. The number of ether oxygens (including phenoxy) is 3. The topological polar surface area (TPSA) is 52.4 Å². The third-order valence-corrected chi connectivity index (χ3v) is 5.53. The molecule has 5 heteroatoms. The average Bonchev–Trinajstić information content (AvgIpc) is 2.76. The molecule has 1 heterocycles. The molecule has 0 unspecified atom stereocenters. The highest BCUT2D eigenvalue weighted by Gasteiger charge is 2.34. The van der Waals surface area contributed by atoms with E-state index in [1.54, 1.807) is 20.3 Å². The average molecular weight is 380 g/mol. The monoisotopic (exact) mass is 380 g/mol. The van der Waals surface area contributed by atoms with E-state index in [9.17, 15) is 5.11 Å². The summed E-state index contributed by atoms with van der Waals surface area (Å²) in [5.41, 5.74) is 1.92. The number of rotatable bonds is 5. The lowest BCUT2D eigenvalue weighted by molar-refractivity contribution is -0.933. The van der Waals surface area contributed by atoms with Crippen molar-refractivity contribution in [2.75, 3.05) is 40.5 Å². The summed E-state index contributed by atoms with van der Waals surface area (Å²) in [7, 11) is 3.34. The number of nitrogens with one attached hydrogen (secondary N) is 1. The molecule has 0 saturated carbocycles. The number of methoxy groups -OCH3 is 2. The molecule has 1 fully saturated rings. The van der Waals surface area contributed by atoms with Crippen LogP contribution in [0.5, 0.6) is 17.2 Å². The molecule has 1 saturated heterocycles. The predicted octanol–water partition coefficient (Wildman–Crippen LogP) is 2.57. The molecular weight excluding hydrogens is 354 g/mol. The molecule has 1 aliphatic rings. The van der Waals surface area contributed by atoms with E-state index in [1.807, 2.05) is 36.4 Å². The van der Waals surface area contributed by atoms with Gasteiger partial charge in [0.15, 0.2) is 0 Å². The van der Waals surface area contributed by atoms with E-state index in [0.717, 1.165) is 46.5 Å². The number of fused-ring (bicyclic) bond motifs is 1. The van der Waals surface area contributed by atoms with Gasteiger partial charge >= 0.3 is 0 Å². The summed E-state index contributed by atoms with van der Waals surface area (Å²) in [5, 5.41) is 13.1. The second kappa shape index (κ2) is 8.09. The maximum Gasteiger partial charge on any atom is 0.147 e. The number of morpholine rings is 1. The van der Waals surface area contributed by atoms with Crippen LogP contribution in [0, 0.1) is 0 Å². The summed E-state index contributed by atoms with van der Waals surface area (Å²) < 4.78 is 16.8. The van der Waals surface area contributed by atoms with Crippen molar-refractivity contribution in [3.8, 4) is 17.2 Å². The number of hydrogen-bond donors (Lipinski definition) is 2. The van der Waals surface area contributed by atoms with Crippen molar-refractivity contribution in [3.05, 3.63) is 65.7 Å². The first-order valence-electron chi connectivity index (χ1n) is 9.57. The second-order valence-corrected chi connectivity index (χ2v) is 7.03. The van der Waals surface area contributed by atoms with Crippen molar-refractivity contribution in [1.82, 2.24) is 0 Å². The molecule has 0 spiro atoms. The lowest BCUT2D eigenvalue weighted by Crippen LogP contribution is -3.14. The van der Waals surface area contributed by atoms with E-state index in [4.69, 9.17) is 14.2 Å². The van der Waals surface area contributed by atoms with Gasteiger partial charge < -0.3 is 24.2 Å². The Morgan fingerprint density at radius 3 is 2.50 bits per heavy atom. The number of quaternary nitrogens is 1. The molecule has 5 nitrogen and oxygen atoms in total. The van der Waals surface area contributed by atoms with E-state index in [-0.39, 0.29) is 6.04 Å². The molecule has 1 aliphatic heterocycles. The lowest BCUT2D eigenvalue weighted by Gasteiger charge is -2.33. The molecular formula is C23H26NO4+. The second-order valence-electron chi connectivity index (χ2n) is 7.03. The van der Waals surface area contributed by atoms with E-state index in [0.29, 0.717) is 19.0 Å². The lowest BCUT2D eigenvalue weighted by atomic mass is 9.90. The Hall–Kier alpha value is -2.76. The van der Waals surface area contributed by atoms with Crippen LogP contribution in [0.4, 0.5) is 0 Å². The third kappa shape index (κ3) is 3.39. The fourth-order valence-corrected chi connectivity index (χ4v) is 4.15. The zero-order valence-electron chi connectivity index (χ0n) is 16.3. The zero-order chi connectivity index (χ0) is 19.5. The molecule has 1 atom stereocenters. The van der Waals surface area contributed by atoms with Gasteiger partial charge in [-0.2, -0.15) is 0 Å². The van der Waals surface area contributed by atoms with E-state index >= 15 is 0 Å². The fourth-order valence-electron chi connectivity index (χ4n) is 4.15. The Morgan fingerprint density at radius 1 is 0.964 bits per heavy atom. The number of aromatic hydroxyl groups is 1. The molecule has 2 N–H and O–H groups in total. The highest BCUT2D eigenvalue weighted by molar-refractivity contribution is 5.88. The number of benzene rings is 3. The predicted molar refractivity (Wildman–Crippen MR) is 109 cm³/mol. The third-order valence-electron chi connectivity index (χ3n) is 5.53. The summed E-state index contributed by atoms with van der Waals surface area (Å²) in [6.07, 6.45) is 0. The van der Waals surface area contributed by atoms with Crippen molar-refractivity contribution in [3.63, 3.8) is 0 Å². The Morgan fingerprint density at radius 2 is 1.75 bits per heavy atom. The van der Waals surface area contributed by atoms with Gasteiger partial charge in [0, 0.05) is 0 Å². The smallest absolute Gasteiger partial charge is 0.147 e. The van der Waals surface area contributed by atoms with Gasteiger partial charge in [0.25, 0.3) is 0 Å². The Bertz CT molecular complexity index is 966. The quantitative estimate of drug-likeness (QED) is 0.714. The minimum atomic E-state index is -0.0972. The standard InChI is InChI=1S/C23H25NO4/c1-26-17-8-10-21(27-2)19(15-17)23(24-11-13-28-14-12-24)22-18-6-4-3-5-16(18)7-9-20(22)25/h3-10,15,23,25H,11-14H2,1-2H3/p+1/t23-/m1/s1. The first-order valence-corrected chi connectivity index (χ1v) is 9.57. The summed E-state index contributed by atoms with van der Waals surface area (Å²) in [6.45, 7) is 3.11. The maximum absolute atomic E-state index is 10.9. The minimum Gasteiger partial charge on any atom is -0.507 e. The summed E-state index contributed by atoms with van der Waals surface area (Å²) >= 11 is 0. The van der Waals surface area contributed by atoms with Crippen LogP contribution in [0.2, 0.25) is 0 Å². The van der Waals surface area contributed by atoms with Crippen molar-refractivity contribution in [2.24, 2.45) is 0 Å². The molecule has 3 aromatic carbocycles. The van der Waals surface area contributed by atoms with Gasteiger partial charge in [-0.1, -0.05) is 30.3 Å². The normalized spacial score (nSPS) is 16.1. The van der Waals surface area contributed by atoms with Crippen molar-refractivity contribution < 1.29 is 24.2 Å². The van der Waals surface area contributed by atoms with E-state index < -0.39 is 0 Å². The Kier molecular flexibility index (Phi) is 5.37. The zero-order valence-corrected chi connectivity index (χ0v) is 16.3. The molecule has 4 rings (SSSR count). The molecule has 146 valence electrons. The fraction of sp³-hybridized carbons (Fsp3) is 0.304. The van der Waals surface area contributed by atoms with Crippen LogP contribution >= 0.6 is 0 Å². The molecule has 28 heavy (non-hydrogen) atoms. The molecule has 0 aromatic heterocycles. The van der Waals surface area contributed by atoms with Gasteiger partial charge in [0.1, 0.15) is 36.4 Å². The van der Waals surface area contributed by atoms with Crippen LogP contribution in [0.3, 0.4) is 0 Å². The van der Waals surface area contributed by atoms with E-state index in [1.165, 1.54) is 4.90 Å². The molecule has 0 bridgehead atoms. The Balaban J connectivity index is 1.97. The van der Waals surface area contributed by atoms with E-state index in [2.05, 4.69) is 12.1 Å². The Labute approximate surface area is 165 Å². The van der Waals surface area contributed by atoms with Crippen molar-refractivity contribution in [2.45, 2.75) is 6.04 Å². The van der Waals surface area contributed by atoms with Gasteiger partial charge in [0.2, 0.25) is 0 Å².